The summed E-state index contributed by atoms with van der Waals surface area (Å²) in [5.74, 6) is 1.60. The predicted octanol–water partition coefficient (Wildman–Crippen LogP) is 4.74. The zero-order valence-electron chi connectivity index (χ0n) is 21.4. The molecule has 6 nitrogen and oxygen atoms in total. The molecule has 1 saturated heterocycles. The van der Waals surface area contributed by atoms with Crippen LogP contribution in [0, 0.1) is 0 Å². The predicted molar refractivity (Wildman–Crippen MR) is 141 cm³/mol. The maximum absolute atomic E-state index is 12.6. The van der Waals surface area contributed by atoms with Crippen LogP contribution in [0.1, 0.15) is 42.9 Å². The number of nitrogens with zero attached hydrogens (tertiary/aromatic N) is 1. The van der Waals surface area contributed by atoms with Crippen LogP contribution in [0.5, 0.6) is 11.5 Å². The third kappa shape index (κ3) is 5.25. The molecule has 1 amide bonds. The van der Waals surface area contributed by atoms with Crippen LogP contribution >= 0.6 is 0 Å². The molecule has 1 heterocycles. The maximum Gasteiger partial charge on any atom is 0.239 e. The summed E-state index contributed by atoms with van der Waals surface area (Å²) in [6.45, 7) is 3.21. The van der Waals surface area contributed by atoms with Gasteiger partial charge in [-0.3, -0.25) is 4.79 Å². The van der Waals surface area contributed by atoms with Crippen LogP contribution in [0.3, 0.4) is 0 Å². The summed E-state index contributed by atoms with van der Waals surface area (Å²) in [6, 6.07) is 26.0. The number of ether oxygens (including phenoxy) is 3. The van der Waals surface area contributed by atoms with Crippen LogP contribution in [0.15, 0.2) is 78.9 Å². The maximum atomic E-state index is 12.6. The van der Waals surface area contributed by atoms with E-state index >= 15 is 0 Å². The zero-order valence-corrected chi connectivity index (χ0v) is 21.4. The van der Waals surface area contributed by atoms with Gasteiger partial charge in [0.25, 0.3) is 0 Å². The van der Waals surface area contributed by atoms with E-state index in [1.54, 1.807) is 14.2 Å². The van der Waals surface area contributed by atoms with Crippen LogP contribution in [0.25, 0.3) is 0 Å². The second-order valence-electron chi connectivity index (χ2n) is 9.16. The molecule has 1 aliphatic heterocycles. The Kier molecular flexibility index (Phi) is 8.28. The molecule has 0 aromatic heterocycles. The summed E-state index contributed by atoms with van der Waals surface area (Å²) >= 11 is 0. The normalized spacial score (nSPS) is 15.4. The topological polar surface area (TPSA) is 74.0 Å². The highest BCUT2D eigenvalue weighted by molar-refractivity contribution is 5.81. The van der Waals surface area contributed by atoms with Crippen molar-refractivity contribution in [1.29, 1.82) is 0 Å². The standard InChI is InChI=1S/C30H36N2O4/c1-4-28(31)29(33)32-20-18-27(19-21-32)36-30(22-8-6-5-7-9-22,23-10-14-25(34-2)15-11-23)24-12-16-26(35-3)17-13-24/h5-17,27-28H,4,18-21,31H2,1-3H3/t28-/m0/s1. The molecule has 3 aromatic carbocycles. The number of nitrogens with two attached hydrogens (primary N) is 1. The molecule has 0 spiro atoms. The Hall–Kier alpha value is -3.35. The van der Waals surface area contributed by atoms with Crippen molar-refractivity contribution in [2.24, 2.45) is 5.73 Å². The molecule has 0 radical (unpaired) electrons. The van der Waals surface area contributed by atoms with Gasteiger partial charge in [0.1, 0.15) is 17.1 Å². The van der Waals surface area contributed by atoms with Crippen LogP contribution < -0.4 is 15.2 Å². The Balaban J connectivity index is 1.75. The molecule has 4 rings (SSSR count). The van der Waals surface area contributed by atoms with Gasteiger partial charge >= 0.3 is 0 Å². The fraction of sp³-hybridized carbons (Fsp3) is 0.367. The van der Waals surface area contributed by atoms with Crippen molar-refractivity contribution in [1.82, 2.24) is 4.90 Å². The molecule has 190 valence electrons. The zero-order chi connectivity index (χ0) is 25.5. The third-order valence-electron chi connectivity index (χ3n) is 7.03. The van der Waals surface area contributed by atoms with Gasteiger partial charge in [-0.05, 0) is 60.2 Å². The number of carbonyl (C=O) groups is 1. The summed E-state index contributed by atoms with van der Waals surface area (Å²) in [5.41, 5.74) is 8.21. The van der Waals surface area contributed by atoms with Crippen molar-refractivity contribution in [2.45, 2.75) is 43.9 Å². The summed E-state index contributed by atoms with van der Waals surface area (Å²) in [7, 11) is 3.33. The Morgan fingerprint density at radius 2 is 1.33 bits per heavy atom. The second kappa shape index (κ2) is 11.6. The Bertz CT molecular complexity index is 1060. The van der Waals surface area contributed by atoms with Gasteiger partial charge in [0, 0.05) is 13.1 Å². The number of likely N-dealkylation sites (tertiary alicyclic amines) is 1. The van der Waals surface area contributed by atoms with Crippen molar-refractivity contribution in [3.8, 4) is 11.5 Å². The molecule has 0 bridgehead atoms. The fourth-order valence-electron chi connectivity index (χ4n) is 4.88. The molecule has 1 aliphatic rings. The molecule has 36 heavy (non-hydrogen) atoms. The Labute approximate surface area is 214 Å². The Morgan fingerprint density at radius 3 is 1.78 bits per heavy atom. The fourth-order valence-corrected chi connectivity index (χ4v) is 4.88. The van der Waals surface area contributed by atoms with Crippen LogP contribution in [0.4, 0.5) is 0 Å². The van der Waals surface area contributed by atoms with E-state index in [0.717, 1.165) is 41.0 Å². The molecule has 1 atom stereocenters. The summed E-state index contributed by atoms with van der Waals surface area (Å²) in [5, 5.41) is 0. The van der Waals surface area contributed by atoms with Gasteiger partial charge in [0.05, 0.1) is 26.4 Å². The van der Waals surface area contributed by atoms with Crippen molar-refractivity contribution in [3.63, 3.8) is 0 Å². The third-order valence-corrected chi connectivity index (χ3v) is 7.03. The first-order valence-corrected chi connectivity index (χ1v) is 12.6. The van der Waals surface area contributed by atoms with Gasteiger partial charge in [-0.15, -0.1) is 0 Å². The molecule has 0 unspecified atom stereocenters. The second-order valence-corrected chi connectivity index (χ2v) is 9.16. The lowest BCUT2D eigenvalue weighted by molar-refractivity contribution is -0.137. The quantitative estimate of drug-likeness (QED) is 0.441. The molecular formula is C30H36N2O4. The largest absolute Gasteiger partial charge is 0.497 e. The van der Waals surface area contributed by atoms with Gasteiger partial charge in [0.2, 0.25) is 5.91 Å². The molecular weight excluding hydrogens is 452 g/mol. The lowest BCUT2D eigenvalue weighted by Crippen LogP contribution is -2.49. The number of amides is 1. The minimum atomic E-state index is -0.851. The number of hydrogen-bond acceptors (Lipinski definition) is 5. The molecule has 0 aliphatic carbocycles. The van der Waals surface area contributed by atoms with E-state index < -0.39 is 11.6 Å². The minimum absolute atomic E-state index is 0.0237. The van der Waals surface area contributed by atoms with Crippen molar-refractivity contribution < 1.29 is 19.0 Å². The van der Waals surface area contributed by atoms with Gasteiger partial charge in [-0.2, -0.15) is 0 Å². The smallest absolute Gasteiger partial charge is 0.239 e. The SMILES string of the molecule is CC[C@H](N)C(=O)N1CCC(OC(c2ccccc2)(c2ccc(OC)cc2)c2ccc(OC)cc2)CC1. The number of hydrogen-bond donors (Lipinski definition) is 1. The van der Waals surface area contributed by atoms with Crippen molar-refractivity contribution in [2.75, 3.05) is 27.3 Å². The van der Waals surface area contributed by atoms with Gasteiger partial charge in [-0.25, -0.2) is 0 Å². The van der Waals surface area contributed by atoms with Gasteiger partial charge in [-0.1, -0.05) is 61.5 Å². The first kappa shape index (κ1) is 25.7. The van der Waals surface area contributed by atoms with Crippen LogP contribution in [-0.4, -0.2) is 50.3 Å². The van der Waals surface area contributed by atoms with Gasteiger partial charge in [0.15, 0.2) is 0 Å². The number of methoxy groups -OCH3 is 2. The van der Waals surface area contributed by atoms with E-state index in [0.29, 0.717) is 19.5 Å². The van der Waals surface area contributed by atoms with Crippen LogP contribution in [0.2, 0.25) is 0 Å². The van der Waals surface area contributed by atoms with Crippen LogP contribution in [-0.2, 0) is 15.1 Å². The first-order chi connectivity index (χ1) is 17.5. The summed E-state index contributed by atoms with van der Waals surface area (Å²) in [4.78, 5) is 14.5. The highest BCUT2D eigenvalue weighted by Gasteiger charge is 2.41. The number of rotatable bonds is 9. The average Bonchev–Trinajstić information content (AvgIpc) is 2.96. The van der Waals surface area contributed by atoms with E-state index in [9.17, 15) is 4.79 Å². The number of benzene rings is 3. The number of carbonyl (C=O) groups excluding carboxylic acids is 1. The molecule has 6 heteroatoms. The van der Waals surface area contributed by atoms with E-state index in [1.807, 2.05) is 54.3 Å². The lowest BCUT2D eigenvalue weighted by Gasteiger charge is -2.42. The summed E-state index contributed by atoms with van der Waals surface area (Å²) < 4.78 is 18.0. The first-order valence-electron chi connectivity index (χ1n) is 12.6. The van der Waals surface area contributed by atoms with E-state index in [-0.39, 0.29) is 12.0 Å². The molecule has 0 saturated carbocycles. The van der Waals surface area contributed by atoms with E-state index in [2.05, 4.69) is 36.4 Å². The number of piperidine rings is 1. The lowest BCUT2D eigenvalue weighted by atomic mass is 9.79. The minimum Gasteiger partial charge on any atom is -0.497 e. The molecule has 2 N–H and O–H groups in total. The Morgan fingerprint density at radius 1 is 0.861 bits per heavy atom. The summed E-state index contributed by atoms with van der Waals surface area (Å²) in [6.07, 6.45) is 2.07. The van der Waals surface area contributed by atoms with E-state index in [4.69, 9.17) is 19.9 Å². The highest BCUT2D eigenvalue weighted by atomic mass is 16.5. The molecule has 3 aromatic rings. The highest BCUT2D eigenvalue weighted by Crippen LogP contribution is 2.43. The van der Waals surface area contributed by atoms with E-state index in [1.165, 1.54) is 0 Å². The molecule has 1 fully saturated rings. The average molecular weight is 489 g/mol. The van der Waals surface area contributed by atoms with Crippen molar-refractivity contribution >= 4 is 5.91 Å². The monoisotopic (exact) mass is 488 g/mol. The van der Waals surface area contributed by atoms with Gasteiger partial charge < -0.3 is 24.8 Å². The van der Waals surface area contributed by atoms with Crippen molar-refractivity contribution in [3.05, 3.63) is 95.6 Å².